The Balaban J connectivity index is 0.000000310. The van der Waals surface area contributed by atoms with Gasteiger partial charge in [-0.2, -0.15) is 0 Å². The molecule has 1 saturated heterocycles. The molecule has 0 bridgehead atoms. The van der Waals surface area contributed by atoms with E-state index < -0.39 is 0 Å². The van der Waals surface area contributed by atoms with E-state index in [-0.39, 0.29) is 12.1 Å². The van der Waals surface area contributed by atoms with Crippen LogP contribution in [0.3, 0.4) is 0 Å². The van der Waals surface area contributed by atoms with E-state index in [9.17, 15) is 4.79 Å². The van der Waals surface area contributed by atoms with Crippen LogP contribution in [0.1, 0.15) is 0 Å². The maximum atomic E-state index is 10.3. The normalized spacial score (nSPS) is 18.8. The van der Waals surface area contributed by atoms with Gasteiger partial charge in [-0.25, -0.2) is 4.79 Å². The largest absolute Gasteiger partial charge is 0.460 e. The van der Waals surface area contributed by atoms with Crippen molar-refractivity contribution in [2.75, 3.05) is 13.2 Å². The molecule has 0 aromatic heterocycles. The number of hydrogen-bond donors (Lipinski definition) is 0. The molecule has 0 radical (unpaired) electrons. The van der Waals surface area contributed by atoms with E-state index in [1.165, 1.54) is 0 Å². The minimum atomic E-state index is -0.384. The minimum absolute atomic E-state index is 0.147. The number of rotatable bonds is 3. The lowest BCUT2D eigenvalue weighted by molar-refractivity contribution is -0.138. The van der Waals surface area contributed by atoms with Crippen LogP contribution in [0.4, 0.5) is 0 Å². The summed E-state index contributed by atoms with van der Waals surface area (Å²) < 4.78 is 9.42. The SMILES string of the molecule is BrC=CBr.C=CC(=O)OCC1CO1. The van der Waals surface area contributed by atoms with Crippen molar-refractivity contribution in [3.63, 3.8) is 0 Å². The number of ether oxygens (including phenoxy) is 2. The molecule has 0 N–H and O–H groups in total. The van der Waals surface area contributed by atoms with Gasteiger partial charge in [0, 0.05) is 6.08 Å². The molecule has 0 saturated carbocycles. The molecule has 3 nitrogen and oxygen atoms in total. The number of halogens is 2. The Labute approximate surface area is 94.0 Å². The molecule has 1 aliphatic rings. The molecule has 1 atom stereocenters. The molecule has 1 aliphatic heterocycles. The lowest BCUT2D eigenvalue weighted by Gasteiger charge is -1.94. The van der Waals surface area contributed by atoms with Gasteiger partial charge in [-0.1, -0.05) is 38.4 Å². The minimum Gasteiger partial charge on any atom is -0.460 e. The first-order chi connectivity index (χ1) is 6.24. The Bertz CT molecular complexity index is 184. The number of carbonyl (C=O) groups excluding carboxylic acids is 1. The molecule has 5 heteroatoms. The summed E-state index contributed by atoms with van der Waals surface area (Å²) in [4.78, 5) is 13.8. The third-order valence-electron chi connectivity index (χ3n) is 1.03. The van der Waals surface area contributed by atoms with Gasteiger partial charge in [0.25, 0.3) is 0 Å². The van der Waals surface area contributed by atoms with Crippen LogP contribution in [-0.4, -0.2) is 25.3 Å². The van der Waals surface area contributed by atoms with Crippen LogP contribution in [0.2, 0.25) is 0 Å². The highest BCUT2D eigenvalue weighted by Gasteiger charge is 2.23. The molecule has 0 aromatic rings. The first-order valence-electron chi connectivity index (χ1n) is 3.50. The van der Waals surface area contributed by atoms with Gasteiger partial charge in [0.2, 0.25) is 0 Å². The van der Waals surface area contributed by atoms with Crippen molar-refractivity contribution in [1.29, 1.82) is 0 Å². The number of epoxide rings is 1. The van der Waals surface area contributed by atoms with Gasteiger partial charge in [-0.05, 0) is 9.97 Å². The molecular weight excluding hydrogens is 304 g/mol. The Morgan fingerprint density at radius 3 is 2.46 bits per heavy atom. The monoisotopic (exact) mass is 312 g/mol. The van der Waals surface area contributed by atoms with E-state index in [0.29, 0.717) is 13.2 Å². The zero-order valence-electron chi connectivity index (χ0n) is 6.91. The molecule has 13 heavy (non-hydrogen) atoms. The second kappa shape index (κ2) is 8.47. The number of carbonyl (C=O) groups is 1. The smallest absolute Gasteiger partial charge is 0.330 e. The summed E-state index contributed by atoms with van der Waals surface area (Å²) in [7, 11) is 0. The summed E-state index contributed by atoms with van der Waals surface area (Å²) in [5, 5.41) is 0. The maximum Gasteiger partial charge on any atom is 0.330 e. The third-order valence-corrected chi connectivity index (χ3v) is 2.27. The first kappa shape index (κ1) is 12.9. The molecular formula is C8H10Br2O3. The zero-order valence-corrected chi connectivity index (χ0v) is 10.1. The lowest BCUT2D eigenvalue weighted by Crippen LogP contribution is -2.06. The fourth-order valence-corrected chi connectivity index (χ4v) is 0.398. The van der Waals surface area contributed by atoms with Crippen LogP contribution < -0.4 is 0 Å². The average Bonchev–Trinajstić information content (AvgIpc) is 2.98. The molecule has 74 valence electrons. The van der Waals surface area contributed by atoms with Crippen molar-refractivity contribution in [1.82, 2.24) is 0 Å². The van der Waals surface area contributed by atoms with E-state index in [1.807, 2.05) is 0 Å². The van der Waals surface area contributed by atoms with Crippen molar-refractivity contribution >= 4 is 37.8 Å². The fourth-order valence-electron chi connectivity index (χ4n) is 0.398. The molecule has 0 aliphatic carbocycles. The Morgan fingerprint density at radius 2 is 2.15 bits per heavy atom. The highest BCUT2D eigenvalue weighted by molar-refractivity contribution is 9.13. The Hall–Kier alpha value is -0.130. The van der Waals surface area contributed by atoms with Gasteiger partial charge in [0.05, 0.1) is 6.61 Å². The van der Waals surface area contributed by atoms with Crippen LogP contribution in [0.5, 0.6) is 0 Å². The van der Waals surface area contributed by atoms with Crippen molar-refractivity contribution < 1.29 is 14.3 Å². The van der Waals surface area contributed by atoms with Crippen LogP contribution in [-0.2, 0) is 14.3 Å². The molecule has 0 spiro atoms. The highest BCUT2D eigenvalue weighted by Crippen LogP contribution is 2.08. The van der Waals surface area contributed by atoms with Gasteiger partial charge in [0.15, 0.2) is 0 Å². The molecule has 1 rings (SSSR count). The molecule has 0 aromatic carbocycles. The van der Waals surface area contributed by atoms with Gasteiger partial charge in [-0.3, -0.25) is 0 Å². The fraction of sp³-hybridized carbons (Fsp3) is 0.375. The van der Waals surface area contributed by atoms with E-state index in [2.05, 4.69) is 43.2 Å². The summed E-state index contributed by atoms with van der Waals surface area (Å²) in [5.74, 6) is -0.384. The van der Waals surface area contributed by atoms with Gasteiger partial charge in [-0.15, -0.1) is 0 Å². The molecule has 1 heterocycles. The summed E-state index contributed by atoms with van der Waals surface area (Å²) in [5.41, 5.74) is 0. The standard InChI is InChI=1S/C6H8O3.C2H2Br2/c1-2-6(7)9-4-5-3-8-5;3-1-2-4/h2,5H,1,3-4H2;1-2H. The third kappa shape index (κ3) is 9.79. The molecule has 1 fully saturated rings. The van der Waals surface area contributed by atoms with Crippen LogP contribution in [0, 0.1) is 0 Å². The van der Waals surface area contributed by atoms with Crippen molar-refractivity contribution in [2.45, 2.75) is 6.10 Å². The lowest BCUT2D eigenvalue weighted by atomic mass is 10.5. The summed E-state index contributed by atoms with van der Waals surface area (Å²) in [6.45, 7) is 4.32. The van der Waals surface area contributed by atoms with Gasteiger partial charge in [0.1, 0.15) is 12.7 Å². The predicted octanol–water partition coefficient (Wildman–Crippen LogP) is 2.36. The van der Waals surface area contributed by atoms with Crippen molar-refractivity contribution in [2.24, 2.45) is 0 Å². The van der Waals surface area contributed by atoms with E-state index >= 15 is 0 Å². The van der Waals surface area contributed by atoms with Crippen molar-refractivity contribution in [3.05, 3.63) is 22.6 Å². The highest BCUT2D eigenvalue weighted by atomic mass is 79.9. The van der Waals surface area contributed by atoms with E-state index in [1.54, 1.807) is 9.97 Å². The quantitative estimate of drug-likeness (QED) is 0.456. The van der Waals surface area contributed by atoms with Crippen molar-refractivity contribution in [3.8, 4) is 0 Å². The van der Waals surface area contributed by atoms with Crippen LogP contribution in [0.15, 0.2) is 22.6 Å². The molecule has 0 amide bonds. The Kier molecular flexibility index (Phi) is 8.38. The Morgan fingerprint density at radius 1 is 1.62 bits per heavy atom. The summed E-state index contributed by atoms with van der Waals surface area (Å²) in [6, 6.07) is 0. The summed E-state index contributed by atoms with van der Waals surface area (Å²) >= 11 is 6.04. The average molecular weight is 314 g/mol. The number of esters is 1. The van der Waals surface area contributed by atoms with Gasteiger partial charge >= 0.3 is 5.97 Å². The summed E-state index contributed by atoms with van der Waals surface area (Å²) in [6.07, 6.45) is 1.29. The zero-order chi connectivity index (χ0) is 10.1. The van der Waals surface area contributed by atoms with Crippen LogP contribution in [0.25, 0.3) is 0 Å². The van der Waals surface area contributed by atoms with E-state index in [4.69, 9.17) is 4.74 Å². The van der Waals surface area contributed by atoms with E-state index in [0.717, 1.165) is 6.08 Å². The first-order valence-corrected chi connectivity index (χ1v) is 5.34. The topological polar surface area (TPSA) is 38.8 Å². The second-order valence-corrected chi connectivity index (χ2v) is 3.10. The molecule has 1 unspecified atom stereocenters. The van der Waals surface area contributed by atoms with Gasteiger partial charge < -0.3 is 9.47 Å². The van der Waals surface area contributed by atoms with Crippen LogP contribution >= 0.6 is 31.9 Å². The maximum absolute atomic E-state index is 10.3. The number of hydrogen-bond acceptors (Lipinski definition) is 3. The second-order valence-electron chi connectivity index (χ2n) is 2.04. The predicted molar refractivity (Wildman–Crippen MR) is 57.9 cm³/mol.